The number of rotatable bonds is 8. The monoisotopic (exact) mass is 405 g/mol. The number of nitrogens with zero attached hydrogens (tertiary/aromatic N) is 1. The highest BCUT2D eigenvalue weighted by molar-refractivity contribution is 7.89. The summed E-state index contributed by atoms with van der Waals surface area (Å²) in [5.41, 5.74) is -0.769. The topological polar surface area (TPSA) is 129 Å². The Morgan fingerprint density at radius 1 is 1.33 bits per heavy atom. The van der Waals surface area contributed by atoms with Crippen molar-refractivity contribution in [3.05, 3.63) is 32.6 Å². The number of aromatic nitrogens is 2. The largest absolute Gasteiger partial charge is 0.374 e. The van der Waals surface area contributed by atoms with Gasteiger partial charge in [0.1, 0.15) is 12.2 Å². The van der Waals surface area contributed by atoms with E-state index in [0.29, 0.717) is 5.56 Å². The highest BCUT2D eigenvalue weighted by Crippen LogP contribution is 2.35. The first-order chi connectivity index (χ1) is 12.6. The number of hydrogen-bond acceptors (Lipinski definition) is 7. The first kappa shape index (κ1) is 21.8. The van der Waals surface area contributed by atoms with E-state index in [1.165, 1.54) is 24.9 Å². The second kappa shape index (κ2) is 8.65. The van der Waals surface area contributed by atoms with Gasteiger partial charge in [0, 0.05) is 18.9 Å². The molecule has 1 saturated heterocycles. The van der Waals surface area contributed by atoms with E-state index >= 15 is 0 Å². The van der Waals surface area contributed by atoms with Crippen molar-refractivity contribution < 1.29 is 22.6 Å². The van der Waals surface area contributed by atoms with Crippen molar-refractivity contribution in [3.8, 4) is 0 Å². The predicted octanol–water partition coefficient (Wildman–Crippen LogP) is -0.510. The number of aryl methyl sites for hydroxylation is 1. The lowest BCUT2D eigenvalue weighted by atomic mass is 10.1. The predicted molar refractivity (Wildman–Crippen MR) is 98.2 cm³/mol. The molecule has 11 heteroatoms. The summed E-state index contributed by atoms with van der Waals surface area (Å²) in [4.78, 5) is 26.1. The third-order valence-electron chi connectivity index (χ3n) is 4.39. The van der Waals surface area contributed by atoms with Gasteiger partial charge in [-0.2, -0.15) is 0 Å². The molecule has 0 aromatic carbocycles. The molecule has 27 heavy (non-hydrogen) atoms. The van der Waals surface area contributed by atoms with Crippen LogP contribution in [0.5, 0.6) is 0 Å². The lowest BCUT2D eigenvalue weighted by Gasteiger charge is -2.25. The molecule has 2 rings (SSSR count). The van der Waals surface area contributed by atoms with Crippen LogP contribution in [0, 0.1) is 6.92 Å². The van der Waals surface area contributed by atoms with Gasteiger partial charge in [-0.3, -0.25) is 14.3 Å². The summed E-state index contributed by atoms with van der Waals surface area (Å²) >= 11 is 0. The maximum atomic E-state index is 12.3. The van der Waals surface area contributed by atoms with Gasteiger partial charge in [-0.05, 0) is 34.2 Å². The SMILES string of the molecule is CNS(=O)(=O)CC[C@H]1O[C@@H](n2cc(C)c(=O)[nH]c2=O)[C@H](OC)[C@@H]1OC(C)C. The lowest BCUT2D eigenvalue weighted by Crippen LogP contribution is -2.41. The molecule has 0 bridgehead atoms. The zero-order chi connectivity index (χ0) is 20.4. The van der Waals surface area contributed by atoms with Crippen LogP contribution in [0.25, 0.3) is 0 Å². The third-order valence-corrected chi connectivity index (χ3v) is 5.78. The summed E-state index contributed by atoms with van der Waals surface area (Å²) < 4.78 is 44.5. The van der Waals surface area contributed by atoms with E-state index in [1.807, 2.05) is 13.8 Å². The van der Waals surface area contributed by atoms with Gasteiger partial charge in [-0.15, -0.1) is 0 Å². The van der Waals surface area contributed by atoms with Crippen molar-refractivity contribution in [1.82, 2.24) is 14.3 Å². The van der Waals surface area contributed by atoms with Crippen molar-refractivity contribution in [2.24, 2.45) is 0 Å². The van der Waals surface area contributed by atoms with Crippen LogP contribution >= 0.6 is 0 Å². The number of methoxy groups -OCH3 is 1. The average Bonchev–Trinajstić information content (AvgIpc) is 2.93. The first-order valence-corrected chi connectivity index (χ1v) is 10.3. The van der Waals surface area contributed by atoms with E-state index in [4.69, 9.17) is 14.2 Å². The Hall–Kier alpha value is -1.53. The van der Waals surface area contributed by atoms with Gasteiger partial charge in [-0.25, -0.2) is 17.9 Å². The van der Waals surface area contributed by atoms with Crippen molar-refractivity contribution in [1.29, 1.82) is 0 Å². The van der Waals surface area contributed by atoms with Crippen LogP contribution in [-0.4, -0.2) is 62.3 Å². The second-order valence-corrected chi connectivity index (χ2v) is 8.75. The smallest absolute Gasteiger partial charge is 0.330 e. The number of sulfonamides is 1. The normalized spacial score (nSPS) is 26.0. The highest BCUT2D eigenvalue weighted by atomic mass is 32.2. The van der Waals surface area contributed by atoms with Crippen LogP contribution in [0.3, 0.4) is 0 Å². The standard InChI is InChI=1S/C16H27N3O7S/c1-9(2)25-12-11(6-7-27(22,23)17-4)26-15(13(12)24-5)19-8-10(3)14(20)18-16(19)21/h8-9,11-13,15,17H,6-7H2,1-5H3,(H,18,20,21)/t11-,12-,13-,15-/m1/s1. The molecule has 1 aliphatic heterocycles. The van der Waals surface area contributed by atoms with Crippen LogP contribution < -0.4 is 16.0 Å². The van der Waals surface area contributed by atoms with Crippen molar-refractivity contribution >= 4 is 10.0 Å². The minimum atomic E-state index is -3.43. The van der Waals surface area contributed by atoms with Gasteiger partial charge in [0.25, 0.3) is 5.56 Å². The fourth-order valence-corrected chi connectivity index (χ4v) is 3.79. The maximum absolute atomic E-state index is 12.3. The van der Waals surface area contributed by atoms with Crippen LogP contribution in [0.15, 0.2) is 15.8 Å². The Balaban J connectivity index is 2.37. The summed E-state index contributed by atoms with van der Waals surface area (Å²) in [5.74, 6) is -0.158. The molecule has 0 unspecified atom stereocenters. The molecule has 0 aliphatic carbocycles. The number of H-pyrrole nitrogens is 1. The van der Waals surface area contributed by atoms with E-state index in [2.05, 4.69) is 9.71 Å². The summed E-state index contributed by atoms with van der Waals surface area (Å²) in [6.45, 7) is 5.26. The highest BCUT2D eigenvalue weighted by Gasteiger charge is 2.47. The Morgan fingerprint density at radius 3 is 2.56 bits per heavy atom. The molecule has 0 spiro atoms. The van der Waals surface area contributed by atoms with E-state index in [-0.39, 0.29) is 18.3 Å². The van der Waals surface area contributed by atoms with Crippen molar-refractivity contribution in [3.63, 3.8) is 0 Å². The van der Waals surface area contributed by atoms with Crippen molar-refractivity contribution in [2.45, 2.75) is 57.8 Å². The van der Waals surface area contributed by atoms with E-state index in [0.717, 1.165) is 0 Å². The average molecular weight is 405 g/mol. The fraction of sp³-hybridized carbons (Fsp3) is 0.750. The first-order valence-electron chi connectivity index (χ1n) is 8.66. The Morgan fingerprint density at radius 2 is 2.00 bits per heavy atom. The maximum Gasteiger partial charge on any atom is 0.330 e. The van der Waals surface area contributed by atoms with Gasteiger partial charge in [0.15, 0.2) is 6.23 Å². The summed E-state index contributed by atoms with van der Waals surface area (Å²) in [6.07, 6.45) is -1.30. The second-order valence-electron chi connectivity index (χ2n) is 6.71. The van der Waals surface area contributed by atoms with E-state index in [9.17, 15) is 18.0 Å². The number of ether oxygens (including phenoxy) is 3. The Labute approximate surface area is 157 Å². The molecule has 1 aliphatic rings. The molecule has 2 N–H and O–H groups in total. The molecule has 1 fully saturated rings. The summed E-state index contributed by atoms with van der Waals surface area (Å²) in [5, 5.41) is 0. The molecule has 4 atom stereocenters. The molecule has 0 amide bonds. The van der Waals surface area contributed by atoms with Gasteiger partial charge in [0.05, 0.1) is 18.0 Å². The Bertz CT molecular complexity index is 862. The number of aromatic amines is 1. The molecular formula is C16H27N3O7S. The van der Waals surface area contributed by atoms with Gasteiger partial charge < -0.3 is 14.2 Å². The molecular weight excluding hydrogens is 378 g/mol. The zero-order valence-electron chi connectivity index (χ0n) is 16.1. The van der Waals surface area contributed by atoms with Gasteiger partial charge in [-0.1, -0.05) is 0 Å². The van der Waals surface area contributed by atoms with Gasteiger partial charge in [0.2, 0.25) is 10.0 Å². The van der Waals surface area contributed by atoms with Crippen LogP contribution in [-0.2, 0) is 24.2 Å². The molecule has 1 aromatic rings. The molecule has 154 valence electrons. The minimum Gasteiger partial charge on any atom is -0.374 e. The minimum absolute atomic E-state index is 0.158. The van der Waals surface area contributed by atoms with Crippen LogP contribution in [0.2, 0.25) is 0 Å². The number of hydrogen-bond donors (Lipinski definition) is 2. The van der Waals surface area contributed by atoms with E-state index < -0.39 is 45.8 Å². The van der Waals surface area contributed by atoms with E-state index in [1.54, 1.807) is 6.92 Å². The van der Waals surface area contributed by atoms with Crippen LogP contribution in [0.1, 0.15) is 32.1 Å². The molecule has 0 radical (unpaired) electrons. The molecule has 0 saturated carbocycles. The van der Waals surface area contributed by atoms with Crippen LogP contribution in [0.4, 0.5) is 0 Å². The summed E-state index contributed by atoms with van der Waals surface area (Å²) in [6, 6.07) is 0. The molecule has 1 aromatic heterocycles. The fourth-order valence-electron chi connectivity index (χ4n) is 3.04. The molecule has 2 heterocycles. The quantitative estimate of drug-likeness (QED) is 0.596. The van der Waals surface area contributed by atoms with Crippen molar-refractivity contribution in [2.75, 3.05) is 19.9 Å². The van der Waals surface area contributed by atoms with Gasteiger partial charge >= 0.3 is 5.69 Å². The lowest BCUT2D eigenvalue weighted by molar-refractivity contribution is -0.0791. The zero-order valence-corrected chi connectivity index (χ0v) is 16.9. The Kier molecular flexibility index (Phi) is 6.98. The number of nitrogens with one attached hydrogen (secondary N) is 2. The summed E-state index contributed by atoms with van der Waals surface area (Å²) in [7, 11) is -0.618. The third kappa shape index (κ3) is 5.05. The molecule has 10 nitrogen and oxygen atoms in total.